The molecule has 0 aliphatic heterocycles. The molecule has 0 saturated carbocycles. The van der Waals surface area contributed by atoms with Crippen molar-refractivity contribution in [3.8, 4) is 0 Å². The van der Waals surface area contributed by atoms with Crippen LogP contribution < -0.4 is 11.1 Å². The lowest BCUT2D eigenvalue weighted by atomic mass is 10.5. The molecule has 0 radical (unpaired) electrons. The Bertz CT molecular complexity index is 438. The molecule has 0 unspecified atom stereocenters. The van der Waals surface area contributed by atoms with Crippen molar-refractivity contribution in [3.05, 3.63) is 11.3 Å². The lowest BCUT2D eigenvalue weighted by molar-refractivity contribution is 0.998. The van der Waals surface area contributed by atoms with E-state index >= 15 is 0 Å². The van der Waals surface area contributed by atoms with Crippen LogP contribution in [0.1, 0.15) is 5.82 Å². The zero-order valence-corrected chi connectivity index (χ0v) is 8.64. The second-order valence-electron chi connectivity index (χ2n) is 2.84. The summed E-state index contributed by atoms with van der Waals surface area (Å²) in [6.07, 6.45) is 0. The fourth-order valence-corrected chi connectivity index (χ4v) is 1.87. The van der Waals surface area contributed by atoms with Crippen LogP contribution in [0.3, 0.4) is 0 Å². The molecule has 2 heterocycles. The predicted molar refractivity (Wildman–Crippen MR) is 57.5 cm³/mol. The van der Waals surface area contributed by atoms with Gasteiger partial charge in [-0.3, -0.25) is 0 Å². The van der Waals surface area contributed by atoms with Crippen LogP contribution in [0.5, 0.6) is 0 Å². The van der Waals surface area contributed by atoms with Gasteiger partial charge >= 0.3 is 0 Å². The van der Waals surface area contributed by atoms with Crippen LogP contribution in [0.15, 0.2) is 5.51 Å². The average molecular weight is 209 g/mol. The van der Waals surface area contributed by atoms with E-state index in [1.165, 1.54) is 11.3 Å². The molecule has 0 fully saturated rings. The van der Waals surface area contributed by atoms with Crippen LogP contribution in [-0.2, 0) is 0 Å². The molecule has 0 aromatic carbocycles. The summed E-state index contributed by atoms with van der Waals surface area (Å²) in [5.74, 6) is 1.56. The van der Waals surface area contributed by atoms with E-state index in [-0.39, 0.29) is 0 Å². The van der Waals surface area contributed by atoms with Crippen LogP contribution in [0, 0.1) is 6.92 Å². The van der Waals surface area contributed by atoms with E-state index in [9.17, 15) is 0 Å². The highest BCUT2D eigenvalue weighted by atomic mass is 32.1. The second kappa shape index (κ2) is 3.85. The molecule has 2 rings (SSSR count). The third-order valence-electron chi connectivity index (χ3n) is 1.74. The minimum atomic E-state index is 0.587. The maximum atomic E-state index is 5.42. The van der Waals surface area contributed by atoms with Crippen LogP contribution >= 0.6 is 11.3 Å². The van der Waals surface area contributed by atoms with Gasteiger partial charge in [0, 0.05) is 13.1 Å². The van der Waals surface area contributed by atoms with Gasteiger partial charge in [-0.05, 0) is 6.92 Å². The monoisotopic (exact) mass is 209 g/mol. The van der Waals surface area contributed by atoms with Crippen molar-refractivity contribution in [2.75, 3.05) is 18.4 Å². The number of anilines is 1. The van der Waals surface area contributed by atoms with Crippen molar-refractivity contribution >= 4 is 27.5 Å². The van der Waals surface area contributed by atoms with Gasteiger partial charge in [0.15, 0.2) is 5.65 Å². The summed E-state index contributed by atoms with van der Waals surface area (Å²) in [6.45, 7) is 3.15. The number of thiazole rings is 1. The first-order valence-electron chi connectivity index (χ1n) is 4.33. The van der Waals surface area contributed by atoms with Crippen molar-refractivity contribution in [1.82, 2.24) is 15.0 Å². The minimum absolute atomic E-state index is 0.587. The van der Waals surface area contributed by atoms with E-state index < -0.39 is 0 Å². The van der Waals surface area contributed by atoms with Crippen molar-refractivity contribution in [1.29, 1.82) is 0 Å². The Kier molecular flexibility index (Phi) is 2.55. The first-order valence-corrected chi connectivity index (χ1v) is 5.21. The maximum Gasteiger partial charge on any atom is 0.175 e. The molecular weight excluding hydrogens is 198 g/mol. The van der Waals surface area contributed by atoms with Gasteiger partial charge in [0.05, 0.1) is 5.51 Å². The number of aromatic nitrogens is 3. The quantitative estimate of drug-likeness (QED) is 0.780. The normalized spacial score (nSPS) is 10.7. The second-order valence-corrected chi connectivity index (χ2v) is 3.69. The molecule has 0 spiro atoms. The molecule has 0 saturated heterocycles. The number of aryl methyl sites for hydroxylation is 1. The fourth-order valence-electron chi connectivity index (χ4n) is 1.18. The molecule has 14 heavy (non-hydrogen) atoms. The Morgan fingerprint density at radius 3 is 3.14 bits per heavy atom. The molecule has 0 aliphatic carbocycles. The number of nitrogens with one attached hydrogen (secondary N) is 1. The highest BCUT2D eigenvalue weighted by molar-refractivity contribution is 7.17. The summed E-state index contributed by atoms with van der Waals surface area (Å²) in [4.78, 5) is 12.7. The molecule has 0 bridgehead atoms. The van der Waals surface area contributed by atoms with E-state index in [2.05, 4.69) is 20.3 Å². The minimum Gasteiger partial charge on any atom is -0.367 e. The lowest BCUT2D eigenvalue weighted by Gasteiger charge is -2.04. The van der Waals surface area contributed by atoms with Crippen LogP contribution in [0.25, 0.3) is 10.3 Å². The van der Waals surface area contributed by atoms with Gasteiger partial charge < -0.3 is 11.1 Å². The van der Waals surface area contributed by atoms with Crippen LogP contribution in [0.2, 0.25) is 0 Å². The average Bonchev–Trinajstić information content (AvgIpc) is 2.61. The molecule has 5 nitrogen and oxygen atoms in total. The summed E-state index contributed by atoms with van der Waals surface area (Å²) < 4.78 is 0.990. The standard InChI is InChI=1S/C8H11N5S/c1-5-12-7(10-3-2-9)6-8(13-5)11-4-14-6/h4H,2-3,9H2,1H3,(H,10,12,13). The summed E-state index contributed by atoms with van der Waals surface area (Å²) in [5, 5.41) is 3.16. The Morgan fingerprint density at radius 1 is 1.50 bits per heavy atom. The molecule has 6 heteroatoms. The van der Waals surface area contributed by atoms with E-state index in [4.69, 9.17) is 5.73 Å². The number of rotatable bonds is 3. The summed E-state index contributed by atoms with van der Waals surface area (Å²) in [7, 11) is 0. The van der Waals surface area contributed by atoms with Crippen LogP contribution in [-0.4, -0.2) is 28.0 Å². The lowest BCUT2D eigenvalue weighted by Crippen LogP contribution is -2.14. The van der Waals surface area contributed by atoms with Gasteiger partial charge in [0.2, 0.25) is 0 Å². The van der Waals surface area contributed by atoms with Crippen molar-refractivity contribution in [2.24, 2.45) is 5.73 Å². The summed E-state index contributed by atoms with van der Waals surface area (Å²) >= 11 is 1.53. The highest BCUT2D eigenvalue weighted by Crippen LogP contribution is 2.23. The topological polar surface area (TPSA) is 76.7 Å². The van der Waals surface area contributed by atoms with Crippen molar-refractivity contribution < 1.29 is 0 Å². The molecule has 2 aromatic heterocycles. The van der Waals surface area contributed by atoms with Gasteiger partial charge in [-0.25, -0.2) is 15.0 Å². The van der Waals surface area contributed by atoms with Gasteiger partial charge in [-0.15, -0.1) is 11.3 Å². The highest BCUT2D eigenvalue weighted by Gasteiger charge is 2.06. The predicted octanol–water partition coefficient (Wildman–Crippen LogP) is 0.765. The molecule has 0 atom stereocenters. The summed E-state index contributed by atoms with van der Waals surface area (Å²) in [5.41, 5.74) is 7.94. The molecule has 2 aromatic rings. The van der Waals surface area contributed by atoms with E-state index in [0.29, 0.717) is 13.1 Å². The Morgan fingerprint density at radius 2 is 2.36 bits per heavy atom. The van der Waals surface area contributed by atoms with Crippen molar-refractivity contribution in [3.63, 3.8) is 0 Å². The summed E-state index contributed by atoms with van der Waals surface area (Å²) in [6, 6.07) is 0. The maximum absolute atomic E-state index is 5.42. The van der Waals surface area contributed by atoms with E-state index in [0.717, 1.165) is 22.0 Å². The van der Waals surface area contributed by atoms with Crippen molar-refractivity contribution in [2.45, 2.75) is 6.92 Å². The van der Waals surface area contributed by atoms with Gasteiger partial charge in [-0.2, -0.15) is 0 Å². The van der Waals surface area contributed by atoms with Gasteiger partial charge in [-0.1, -0.05) is 0 Å². The largest absolute Gasteiger partial charge is 0.367 e. The zero-order chi connectivity index (χ0) is 9.97. The number of hydrogen-bond acceptors (Lipinski definition) is 6. The number of nitrogens with zero attached hydrogens (tertiary/aromatic N) is 3. The SMILES string of the molecule is Cc1nc(NCCN)c2scnc2n1. The zero-order valence-electron chi connectivity index (χ0n) is 7.82. The first-order chi connectivity index (χ1) is 6.81. The first kappa shape index (κ1) is 9.29. The molecule has 3 N–H and O–H groups in total. The Balaban J connectivity index is 2.44. The number of fused-ring (bicyclic) bond motifs is 1. The van der Waals surface area contributed by atoms with Gasteiger partial charge in [0.25, 0.3) is 0 Å². The molecular formula is C8H11N5S. The molecule has 0 aliphatic rings. The van der Waals surface area contributed by atoms with Crippen LogP contribution in [0.4, 0.5) is 5.82 Å². The Labute approximate surface area is 85.4 Å². The fraction of sp³-hybridized carbons (Fsp3) is 0.375. The Hall–Kier alpha value is -1.27. The number of hydrogen-bond donors (Lipinski definition) is 2. The third-order valence-corrected chi connectivity index (χ3v) is 2.56. The van der Waals surface area contributed by atoms with E-state index in [1.54, 1.807) is 5.51 Å². The molecule has 0 amide bonds. The molecule has 74 valence electrons. The van der Waals surface area contributed by atoms with E-state index in [1.807, 2.05) is 6.92 Å². The smallest absolute Gasteiger partial charge is 0.175 e. The van der Waals surface area contributed by atoms with Gasteiger partial charge in [0.1, 0.15) is 16.3 Å². The third kappa shape index (κ3) is 1.66. The number of nitrogens with two attached hydrogens (primary N) is 1.